The highest BCUT2D eigenvalue weighted by Crippen LogP contribution is 2.29. The van der Waals surface area contributed by atoms with Crippen LogP contribution in [-0.4, -0.2) is 5.09 Å². The molecule has 0 saturated heterocycles. The van der Waals surface area contributed by atoms with E-state index in [-0.39, 0.29) is 0 Å². The summed E-state index contributed by atoms with van der Waals surface area (Å²) >= 11 is 0. The van der Waals surface area contributed by atoms with E-state index in [9.17, 15) is 10.1 Å². The van der Waals surface area contributed by atoms with Gasteiger partial charge in [0, 0.05) is 6.42 Å². The zero-order valence-corrected chi connectivity index (χ0v) is 7.29. The van der Waals surface area contributed by atoms with Crippen molar-refractivity contribution in [3.05, 3.63) is 58.0 Å². The Morgan fingerprint density at radius 3 is 2.93 bits per heavy atom. The first-order chi connectivity index (χ1) is 6.77. The molecule has 1 aromatic carbocycles. The van der Waals surface area contributed by atoms with Crippen LogP contribution in [0.15, 0.2) is 30.3 Å². The molecule has 71 valence electrons. The fourth-order valence-electron chi connectivity index (χ4n) is 1.47. The molecule has 0 aromatic heterocycles. The van der Waals surface area contributed by atoms with E-state index >= 15 is 0 Å². The van der Waals surface area contributed by atoms with Gasteiger partial charge >= 0.3 is 0 Å². The van der Waals surface area contributed by atoms with Crippen molar-refractivity contribution in [1.29, 1.82) is 0 Å². The van der Waals surface area contributed by atoms with Crippen LogP contribution in [0.1, 0.15) is 17.2 Å². The number of fused-ring (bicyclic) bond motifs is 1. The Morgan fingerprint density at radius 1 is 1.36 bits per heavy atom. The van der Waals surface area contributed by atoms with Crippen molar-refractivity contribution in [2.75, 3.05) is 0 Å². The fourth-order valence-corrected chi connectivity index (χ4v) is 1.47. The Bertz CT molecular complexity index is 387. The Kier molecular flexibility index (Phi) is 2.18. The molecule has 1 atom stereocenters. The molecule has 1 radical (unpaired) electrons. The molecule has 1 unspecified atom stereocenters. The van der Waals surface area contributed by atoms with Crippen LogP contribution in [0.2, 0.25) is 0 Å². The van der Waals surface area contributed by atoms with Gasteiger partial charge in [-0.2, -0.15) is 0 Å². The van der Waals surface area contributed by atoms with Crippen molar-refractivity contribution >= 4 is 6.08 Å². The van der Waals surface area contributed by atoms with Gasteiger partial charge in [0.1, 0.15) is 6.10 Å². The van der Waals surface area contributed by atoms with Crippen molar-refractivity contribution in [3.8, 4) is 0 Å². The molecule has 0 aliphatic heterocycles. The summed E-state index contributed by atoms with van der Waals surface area (Å²) in [5, 5.41) is 9.45. The summed E-state index contributed by atoms with van der Waals surface area (Å²) in [4.78, 5) is 14.7. The molecule has 0 fully saturated rings. The molecule has 1 aliphatic rings. The lowest BCUT2D eigenvalue weighted by atomic mass is 9.95. The van der Waals surface area contributed by atoms with Crippen LogP contribution in [0.25, 0.3) is 6.08 Å². The van der Waals surface area contributed by atoms with Gasteiger partial charge in [-0.3, -0.25) is 0 Å². The monoisotopic (exact) mass is 190 g/mol. The predicted octanol–water partition coefficient (Wildman–Crippen LogP) is 2.17. The topological polar surface area (TPSA) is 52.4 Å². The zero-order valence-electron chi connectivity index (χ0n) is 7.29. The van der Waals surface area contributed by atoms with Gasteiger partial charge < -0.3 is 4.84 Å². The molecule has 4 nitrogen and oxygen atoms in total. The van der Waals surface area contributed by atoms with Gasteiger partial charge in [0.2, 0.25) is 0 Å². The molecular weight excluding hydrogens is 182 g/mol. The second-order valence-corrected chi connectivity index (χ2v) is 2.93. The third kappa shape index (κ3) is 1.59. The third-order valence-electron chi connectivity index (χ3n) is 2.06. The lowest BCUT2D eigenvalue weighted by Gasteiger charge is -2.18. The summed E-state index contributed by atoms with van der Waals surface area (Å²) in [6.45, 7) is 0. The summed E-state index contributed by atoms with van der Waals surface area (Å²) in [7, 11) is 0. The average Bonchev–Trinajstić information content (AvgIpc) is 2.18. The smallest absolute Gasteiger partial charge is 0.295 e. The maximum Gasteiger partial charge on any atom is 0.295 e. The molecule has 0 saturated carbocycles. The predicted molar refractivity (Wildman–Crippen MR) is 50.6 cm³/mol. The van der Waals surface area contributed by atoms with Gasteiger partial charge in [-0.25, -0.2) is 0 Å². The van der Waals surface area contributed by atoms with E-state index in [0.29, 0.717) is 0 Å². The van der Waals surface area contributed by atoms with Crippen LogP contribution in [-0.2, 0) is 4.84 Å². The largest absolute Gasteiger partial charge is 0.305 e. The number of hydrogen-bond donors (Lipinski definition) is 0. The van der Waals surface area contributed by atoms with E-state index in [0.717, 1.165) is 11.1 Å². The quantitative estimate of drug-likeness (QED) is 0.530. The first-order valence-electron chi connectivity index (χ1n) is 4.19. The van der Waals surface area contributed by atoms with Gasteiger partial charge in [-0.15, -0.1) is 10.1 Å². The normalized spacial score (nSPS) is 18.7. The number of nitrogens with zero attached hydrogens (tertiary/aromatic N) is 1. The standard InChI is InChI=1S/C10H8NO3/c12-11(13)14-10-7-3-5-8-4-1-2-6-9(8)10/h1-7,10H. The summed E-state index contributed by atoms with van der Waals surface area (Å²) in [6, 6.07) is 7.44. The molecule has 0 bridgehead atoms. The Labute approximate surface area is 80.9 Å². The van der Waals surface area contributed by atoms with Gasteiger partial charge in [-0.1, -0.05) is 36.4 Å². The highest BCUT2D eigenvalue weighted by molar-refractivity contribution is 5.59. The zero-order chi connectivity index (χ0) is 9.97. The van der Waals surface area contributed by atoms with E-state index in [1.54, 1.807) is 12.5 Å². The molecule has 1 aliphatic carbocycles. The fraction of sp³-hybridized carbons (Fsp3) is 0.100. The molecule has 1 aromatic rings. The summed E-state index contributed by atoms with van der Waals surface area (Å²) in [5.41, 5.74) is 1.79. The maximum atomic E-state index is 10.2. The minimum atomic E-state index is -0.767. The molecule has 0 N–H and O–H groups in total. The molecule has 14 heavy (non-hydrogen) atoms. The van der Waals surface area contributed by atoms with Crippen LogP contribution in [0.3, 0.4) is 0 Å². The first kappa shape index (κ1) is 8.74. The summed E-state index contributed by atoms with van der Waals surface area (Å²) in [5.74, 6) is 0. The number of hydrogen-bond acceptors (Lipinski definition) is 3. The Morgan fingerprint density at radius 2 is 2.14 bits per heavy atom. The number of rotatable bonds is 2. The maximum absolute atomic E-state index is 10.2. The minimum Gasteiger partial charge on any atom is -0.305 e. The Hall–Kier alpha value is -1.84. The Balaban J connectivity index is 2.31. The minimum absolute atomic E-state index is 0.578. The number of benzene rings is 1. The van der Waals surface area contributed by atoms with E-state index < -0.39 is 11.2 Å². The lowest BCUT2D eigenvalue weighted by Crippen LogP contribution is -2.12. The van der Waals surface area contributed by atoms with Gasteiger partial charge in [0.25, 0.3) is 5.09 Å². The van der Waals surface area contributed by atoms with Crippen LogP contribution < -0.4 is 0 Å². The third-order valence-corrected chi connectivity index (χ3v) is 2.06. The first-order valence-corrected chi connectivity index (χ1v) is 4.19. The highest BCUT2D eigenvalue weighted by Gasteiger charge is 2.19. The lowest BCUT2D eigenvalue weighted by molar-refractivity contribution is -0.768. The molecule has 0 amide bonds. The van der Waals surface area contributed by atoms with E-state index in [4.69, 9.17) is 0 Å². The highest BCUT2D eigenvalue weighted by atomic mass is 17.0. The van der Waals surface area contributed by atoms with Crippen molar-refractivity contribution < 1.29 is 9.92 Å². The second-order valence-electron chi connectivity index (χ2n) is 2.93. The van der Waals surface area contributed by atoms with E-state index in [1.165, 1.54) is 0 Å². The average molecular weight is 190 g/mol. The van der Waals surface area contributed by atoms with Crippen LogP contribution >= 0.6 is 0 Å². The molecule has 0 heterocycles. The van der Waals surface area contributed by atoms with Crippen LogP contribution in [0.4, 0.5) is 0 Å². The van der Waals surface area contributed by atoms with Crippen molar-refractivity contribution in [2.45, 2.75) is 6.10 Å². The molecule has 2 rings (SSSR count). The van der Waals surface area contributed by atoms with Crippen molar-refractivity contribution in [3.63, 3.8) is 0 Å². The SMILES string of the molecule is O=[N+]([O-])OC1[CH]C=Cc2ccccc21. The van der Waals surface area contributed by atoms with E-state index in [2.05, 4.69) is 4.84 Å². The van der Waals surface area contributed by atoms with Crippen molar-refractivity contribution in [2.24, 2.45) is 0 Å². The van der Waals surface area contributed by atoms with Crippen LogP contribution in [0.5, 0.6) is 0 Å². The van der Waals surface area contributed by atoms with E-state index in [1.807, 2.05) is 30.3 Å². The van der Waals surface area contributed by atoms with Gasteiger partial charge in [0.15, 0.2) is 0 Å². The summed E-state index contributed by atoms with van der Waals surface area (Å²) in [6.07, 6.45) is 4.74. The molecule has 0 spiro atoms. The van der Waals surface area contributed by atoms with Gasteiger partial charge in [0.05, 0.1) is 0 Å². The summed E-state index contributed by atoms with van der Waals surface area (Å²) < 4.78 is 0. The van der Waals surface area contributed by atoms with Crippen molar-refractivity contribution in [1.82, 2.24) is 0 Å². The second kappa shape index (κ2) is 3.49. The molecular formula is C10H8NO3. The van der Waals surface area contributed by atoms with Gasteiger partial charge in [-0.05, 0) is 11.1 Å². The molecule has 4 heteroatoms. The van der Waals surface area contributed by atoms with Crippen LogP contribution in [0, 0.1) is 16.5 Å².